The molecule has 1 aliphatic carbocycles. The van der Waals surface area contributed by atoms with Gasteiger partial charge in [-0.15, -0.1) is 0 Å². The van der Waals surface area contributed by atoms with Crippen LogP contribution in [0.3, 0.4) is 0 Å². The standard InChI is InChI=1S/C15H26N2O2S/c1-9(2)13-15(19)17(10(3)14(18)16-13)11-6-5-7-12(8-11)20-4/h9-13H,5-8H2,1-4H3,(H,16,18). The lowest BCUT2D eigenvalue weighted by Crippen LogP contribution is -2.66. The van der Waals surface area contributed by atoms with Gasteiger partial charge in [0.15, 0.2) is 0 Å². The molecule has 1 saturated carbocycles. The van der Waals surface area contributed by atoms with Gasteiger partial charge in [-0.1, -0.05) is 20.3 Å². The number of nitrogens with one attached hydrogen (secondary N) is 1. The molecule has 0 aromatic heterocycles. The first kappa shape index (κ1) is 15.7. The normalized spacial score (nSPS) is 35.4. The molecule has 1 N–H and O–H groups in total. The van der Waals surface area contributed by atoms with Crippen LogP contribution in [0.4, 0.5) is 0 Å². The summed E-state index contributed by atoms with van der Waals surface area (Å²) in [5.74, 6) is 0.245. The number of carbonyl (C=O) groups excluding carboxylic acids is 2. The number of hydrogen-bond acceptors (Lipinski definition) is 3. The van der Waals surface area contributed by atoms with E-state index in [1.165, 1.54) is 6.42 Å². The number of carbonyl (C=O) groups is 2. The molecular formula is C15H26N2O2S. The second-order valence-corrected chi connectivity index (χ2v) is 7.47. The van der Waals surface area contributed by atoms with E-state index in [2.05, 4.69) is 11.6 Å². The van der Waals surface area contributed by atoms with Crippen molar-refractivity contribution >= 4 is 23.6 Å². The first-order valence-corrected chi connectivity index (χ1v) is 8.89. The molecule has 4 atom stereocenters. The summed E-state index contributed by atoms with van der Waals surface area (Å²) < 4.78 is 0. The van der Waals surface area contributed by atoms with E-state index in [1.807, 2.05) is 37.4 Å². The summed E-state index contributed by atoms with van der Waals surface area (Å²) in [6.07, 6.45) is 6.58. The molecule has 2 rings (SSSR count). The molecule has 4 nitrogen and oxygen atoms in total. The highest BCUT2D eigenvalue weighted by atomic mass is 32.2. The summed E-state index contributed by atoms with van der Waals surface area (Å²) in [4.78, 5) is 26.8. The van der Waals surface area contributed by atoms with Crippen LogP contribution in [-0.2, 0) is 9.59 Å². The highest BCUT2D eigenvalue weighted by Crippen LogP contribution is 2.32. The summed E-state index contributed by atoms with van der Waals surface area (Å²) >= 11 is 1.89. The van der Waals surface area contributed by atoms with Crippen LogP contribution in [0, 0.1) is 5.92 Å². The third-order valence-corrected chi connectivity index (χ3v) is 5.70. The Labute approximate surface area is 126 Å². The maximum absolute atomic E-state index is 12.7. The minimum absolute atomic E-state index is 0.00502. The van der Waals surface area contributed by atoms with Crippen molar-refractivity contribution in [3.05, 3.63) is 0 Å². The molecule has 2 amide bonds. The summed E-state index contributed by atoms with van der Waals surface area (Å²) in [6.45, 7) is 5.83. The van der Waals surface area contributed by atoms with Crippen LogP contribution in [0.15, 0.2) is 0 Å². The van der Waals surface area contributed by atoms with Gasteiger partial charge >= 0.3 is 0 Å². The van der Waals surface area contributed by atoms with Gasteiger partial charge in [0.2, 0.25) is 11.8 Å². The van der Waals surface area contributed by atoms with Crippen molar-refractivity contribution in [3.63, 3.8) is 0 Å². The van der Waals surface area contributed by atoms with Crippen molar-refractivity contribution in [1.82, 2.24) is 10.2 Å². The van der Waals surface area contributed by atoms with Gasteiger partial charge in [-0.3, -0.25) is 9.59 Å². The Bertz CT molecular complexity index is 386. The first-order chi connectivity index (χ1) is 9.45. The summed E-state index contributed by atoms with van der Waals surface area (Å²) in [7, 11) is 0. The number of piperazine rings is 1. The van der Waals surface area contributed by atoms with Gasteiger partial charge in [-0.25, -0.2) is 0 Å². The van der Waals surface area contributed by atoms with Crippen molar-refractivity contribution < 1.29 is 9.59 Å². The molecule has 0 aromatic rings. The van der Waals surface area contributed by atoms with Crippen LogP contribution in [0.25, 0.3) is 0 Å². The van der Waals surface area contributed by atoms with Crippen LogP contribution in [0.5, 0.6) is 0 Å². The fourth-order valence-electron chi connectivity index (χ4n) is 3.35. The van der Waals surface area contributed by atoms with Gasteiger partial charge in [0, 0.05) is 11.3 Å². The molecule has 20 heavy (non-hydrogen) atoms. The second kappa shape index (κ2) is 6.37. The average molecular weight is 298 g/mol. The lowest BCUT2D eigenvalue weighted by atomic mass is 9.89. The van der Waals surface area contributed by atoms with Crippen molar-refractivity contribution in [2.24, 2.45) is 5.92 Å². The van der Waals surface area contributed by atoms with Gasteiger partial charge in [-0.2, -0.15) is 11.8 Å². The molecule has 2 aliphatic rings. The van der Waals surface area contributed by atoms with E-state index >= 15 is 0 Å². The summed E-state index contributed by atoms with van der Waals surface area (Å²) in [6, 6.07) is -0.451. The van der Waals surface area contributed by atoms with Crippen LogP contribution >= 0.6 is 11.8 Å². The van der Waals surface area contributed by atoms with Crippen LogP contribution in [0.1, 0.15) is 46.5 Å². The van der Waals surface area contributed by atoms with Crippen LogP contribution in [0.2, 0.25) is 0 Å². The molecule has 0 spiro atoms. The van der Waals surface area contributed by atoms with Crippen molar-refractivity contribution in [2.75, 3.05) is 6.26 Å². The molecule has 2 fully saturated rings. The summed E-state index contributed by atoms with van der Waals surface area (Å²) in [5.41, 5.74) is 0. The molecule has 1 aliphatic heterocycles. The van der Waals surface area contributed by atoms with E-state index in [4.69, 9.17) is 0 Å². The Kier molecular flexibility index (Phi) is 4.99. The number of thioether (sulfide) groups is 1. The Balaban J connectivity index is 2.18. The van der Waals surface area contributed by atoms with Crippen molar-refractivity contribution in [2.45, 2.75) is 69.8 Å². The SMILES string of the molecule is CSC1CCCC(N2C(=O)C(C(C)C)NC(=O)C2C)C1. The zero-order valence-electron chi connectivity index (χ0n) is 12.9. The predicted molar refractivity (Wildman–Crippen MR) is 82.6 cm³/mol. The molecular weight excluding hydrogens is 272 g/mol. The van der Waals surface area contributed by atoms with Gasteiger partial charge in [-0.05, 0) is 38.4 Å². The zero-order valence-corrected chi connectivity index (χ0v) is 13.7. The molecule has 0 radical (unpaired) electrons. The number of nitrogens with zero attached hydrogens (tertiary/aromatic N) is 1. The summed E-state index contributed by atoms with van der Waals surface area (Å²) in [5, 5.41) is 3.50. The fourth-order valence-corrected chi connectivity index (χ4v) is 4.17. The van der Waals surface area contributed by atoms with E-state index in [0.29, 0.717) is 5.25 Å². The van der Waals surface area contributed by atoms with Gasteiger partial charge in [0.25, 0.3) is 0 Å². The van der Waals surface area contributed by atoms with Crippen LogP contribution < -0.4 is 5.32 Å². The third kappa shape index (κ3) is 2.97. The molecule has 1 saturated heterocycles. The van der Waals surface area contributed by atoms with Gasteiger partial charge in [0.1, 0.15) is 12.1 Å². The quantitative estimate of drug-likeness (QED) is 0.867. The monoisotopic (exact) mass is 298 g/mol. The van der Waals surface area contributed by atoms with Gasteiger partial charge < -0.3 is 10.2 Å². The van der Waals surface area contributed by atoms with Crippen molar-refractivity contribution in [1.29, 1.82) is 0 Å². The number of hydrogen-bond donors (Lipinski definition) is 1. The first-order valence-electron chi connectivity index (χ1n) is 7.61. The second-order valence-electron chi connectivity index (χ2n) is 6.33. The Morgan fingerprint density at radius 2 is 2.00 bits per heavy atom. The van der Waals surface area contributed by atoms with Gasteiger partial charge in [0.05, 0.1) is 0 Å². The van der Waals surface area contributed by atoms with E-state index in [-0.39, 0.29) is 35.9 Å². The minimum atomic E-state index is -0.353. The van der Waals surface area contributed by atoms with E-state index in [9.17, 15) is 9.59 Å². The maximum Gasteiger partial charge on any atom is 0.246 e. The largest absolute Gasteiger partial charge is 0.342 e. The maximum atomic E-state index is 12.7. The molecule has 5 heteroatoms. The lowest BCUT2D eigenvalue weighted by Gasteiger charge is -2.45. The van der Waals surface area contributed by atoms with E-state index in [1.54, 1.807) is 0 Å². The molecule has 4 unspecified atom stereocenters. The molecule has 0 bridgehead atoms. The lowest BCUT2D eigenvalue weighted by molar-refractivity contribution is -0.153. The number of amides is 2. The van der Waals surface area contributed by atoms with Crippen LogP contribution in [-0.4, -0.2) is 46.3 Å². The third-order valence-electron chi connectivity index (χ3n) is 4.61. The Hall–Kier alpha value is -0.710. The minimum Gasteiger partial charge on any atom is -0.342 e. The predicted octanol–water partition coefficient (Wildman–Crippen LogP) is 2.03. The fraction of sp³-hybridized carbons (Fsp3) is 0.867. The number of rotatable bonds is 3. The molecule has 114 valence electrons. The zero-order chi connectivity index (χ0) is 14.9. The van der Waals surface area contributed by atoms with E-state index < -0.39 is 0 Å². The Morgan fingerprint density at radius 3 is 2.60 bits per heavy atom. The van der Waals surface area contributed by atoms with E-state index in [0.717, 1.165) is 19.3 Å². The van der Waals surface area contributed by atoms with Crippen molar-refractivity contribution in [3.8, 4) is 0 Å². The highest BCUT2D eigenvalue weighted by molar-refractivity contribution is 7.99. The highest BCUT2D eigenvalue weighted by Gasteiger charge is 2.43. The topological polar surface area (TPSA) is 49.4 Å². The average Bonchev–Trinajstić information content (AvgIpc) is 2.43. The molecule has 0 aromatic carbocycles. The molecule has 1 heterocycles. The smallest absolute Gasteiger partial charge is 0.246 e. The Morgan fingerprint density at radius 1 is 1.30 bits per heavy atom.